The van der Waals surface area contributed by atoms with E-state index < -0.39 is 0 Å². The molecule has 0 saturated carbocycles. The second-order valence-corrected chi connectivity index (χ2v) is 2.16. The SMILES string of the molecule is CC.CCC.CCCCNC. The fourth-order valence-electron chi connectivity index (χ4n) is 0.354. The van der Waals surface area contributed by atoms with E-state index in [1.807, 2.05) is 20.9 Å². The molecule has 0 aromatic heterocycles. The van der Waals surface area contributed by atoms with Gasteiger partial charge in [-0.05, 0) is 20.0 Å². The van der Waals surface area contributed by atoms with Crippen molar-refractivity contribution in [3.63, 3.8) is 0 Å². The molecule has 0 spiro atoms. The van der Waals surface area contributed by atoms with Gasteiger partial charge >= 0.3 is 0 Å². The molecule has 1 nitrogen and oxygen atoms in total. The van der Waals surface area contributed by atoms with Crippen molar-refractivity contribution in [2.75, 3.05) is 13.6 Å². The van der Waals surface area contributed by atoms with Crippen molar-refractivity contribution in [2.45, 2.75) is 53.9 Å². The maximum Gasteiger partial charge on any atom is -0.00520 e. The average molecular weight is 161 g/mol. The van der Waals surface area contributed by atoms with Crippen molar-refractivity contribution < 1.29 is 0 Å². The van der Waals surface area contributed by atoms with E-state index in [0.717, 1.165) is 6.54 Å². The zero-order valence-corrected chi connectivity index (χ0v) is 9.33. The molecule has 0 saturated heterocycles. The third kappa shape index (κ3) is 72.0. The highest BCUT2D eigenvalue weighted by Crippen LogP contribution is 1.79. The van der Waals surface area contributed by atoms with E-state index in [0.29, 0.717) is 0 Å². The van der Waals surface area contributed by atoms with E-state index in [4.69, 9.17) is 0 Å². The number of rotatable bonds is 3. The minimum absolute atomic E-state index is 1.16. The molecule has 0 fully saturated rings. The number of hydrogen-bond donors (Lipinski definition) is 1. The van der Waals surface area contributed by atoms with Crippen molar-refractivity contribution in [1.82, 2.24) is 5.32 Å². The van der Waals surface area contributed by atoms with E-state index in [2.05, 4.69) is 26.1 Å². The number of nitrogens with one attached hydrogen (secondary N) is 1. The first kappa shape index (κ1) is 17.2. The van der Waals surface area contributed by atoms with Gasteiger partial charge in [0.25, 0.3) is 0 Å². The molecule has 0 aliphatic rings. The molecular formula is C10H27N. The Morgan fingerprint density at radius 3 is 1.45 bits per heavy atom. The van der Waals surface area contributed by atoms with Gasteiger partial charge < -0.3 is 5.32 Å². The van der Waals surface area contributed by atoms with Crippen molar-refractivity contribution in [3.8, 4) is 0 Å². The molecule has 0 atom stereocenters. The molecule has 0 bridgehead atoms. The van der Waals surface area contributed by atoms with Crippen LogP contribution in [-0.4, -0.2) is 13.6 Å². The van der Waals surface area contributed by atoms with E-state index >= 15 is 0 Å². The third-order valence-corrected chi connectivity index (χ3v) is 0.780. The summed E-state index contributed by atoms with van der Waals surface area (Å²) in [6.07, 6.45) is 3.84. The Kier molecular flexibility index (Phi) is 50.7. The minimum atomic E-state index is 1.16. The highest BCUT2D eigenvalue weighted by molar-refractivity contribution is 4.34. The Hall–Kier alpha value is -0.0400. The summed E-state index contributed by atoms with van der Waals surface area (Å²) in [5, 5.41) is 3.07. The molecule has 11 heavy (non-hydrogen) atoms. The minimum Gasteiger partial charge on any atom is -0.320 e. The lowest BCUT2D eigenvalue weighted by molar-refractivity contribution is 0.711. The lowest BCUT2D eigenvalue weighted by atomic mass is 10.3. The Morgan fingerprint density at radius 2 is 1.36 bits per heavy atom. The van der Waals surface area contributed by atoms with Gasteiger partial charge in [0.2, 0.25) is 0 Å². The van der Waals surface area contributed by atoms with Gasteiger partial charge in [-0.2, -0.15) is 0 Å². The first-order valence-electron chi connectivity index (χ1n) is 4.97. The Morgan fingerprint density at radius 1 is 1.00 bits per heavy atom. The maximum atomic E-state index is 3.07. The molecule has 72 valence electrons. The van der Waals surface area contributed by atoms with Crippen LogP contribution >= 0.6 is 0 Å². The molecular weight excluding hydrogens is 134 g/mol. The van der Waals surface area contributed by atoms with Gasteiger partial charge in [0.1, 0.15) is 0 Å². The van der Waals surface area contributed by atoms with Crippen LogP contribution < -0.4 is 5.32 Å². The van der Waals surface area contributed by atoms with Crippen LogP contribution in [0.25, 0.3) is 0 Å². The molecule has 1 heteroatoms. The van der Waals surface area contributed by atoms with Gasteiger partial charge in [-0.1, -0.05) is 47.5 Å². The standard InChI is InChI=1S/C5H13N.C3H8.C2H6/c1-3-4-5-6-2;1-3-2;1-2/h6H,3-5H2,1-2H3;3H2,1-2H3;1-2H3. The summed E-state index contributed by atoms with van der Waals surface area (Å²) in [6.45, 7) is 11.6. The van der Waals surface area contributed by atoms with Crippen molar-refractivity contribution in [3.05, 3.63) is 0 Å². The third-order valence-electron chi connectivity index (χ3n) is 0.780. The second-order valence-electron chi connectivity index (χ2n) is 2.16. The fraction of sp³-hybridized carbons (Fsp3) is 1.00. The van der Waals surface area contributed by atoms with Crippen LogP contribution in [-0.2, 0) is 0 Å². The summed E-state index contributed by atoms with van der Waals surface area (Å²) in [7, 11) is 1.98. The summed E-state index contributed by atoms with van der Waals surface area (Å²) in [5.41, 5.74) is 0. The van der Waals surface area contributed by atoms with E-state index in [1.165, 1.54) is 19.3 Å². The first-order chi connectivity index (χ1) is 5.33. The molecule has 0 amide bonds. The van der Waals surface area contributed by atoms with Gasteiger partial charge in [0, 0.05) is 0 Å². The summed E-state index contributed by atoms with van der Waals surface area (Å²) < 4.78 is 0. The monoisotopic (exact) mass is 161 g/mol. The molecule has 0 radical (unpaired) electrons. The summed E-state index contributed by atoms with van der Waals surface area (Å²) >= 11 is 0. The maximum absolute atomic E-state index is 3.07. The molecule has 1 N–H and O–H groups in total. The van der Waals surface area contributed by atoms with Crippen LogP contribution in [0.3, 0.4) is 0 Å². The Bertz CT molecular complexity index is 24.1. The zero-order chi connectivity index (χ0) is 9.54. The van der Waals surface area contributed by atoms with Crippen LogP contribution in [0, 0.1) is 0 Å². The zero-order valence-electron chi connectivity index (χ0n) is 9.33. The lowest BCUT2D eigenvalue weighted by Crippen LogP contribution is -2.06. The van der Waals surface area contributed by atoms with Gasteiger partial charge in [-0.25, -0.2) is 0 Å². The Balaban J connectivity index is -0.000000109. The van der Waals surface area contributed by atoms with Crippen LogP contribution in [0.5, 0.6) is 0 Å². The largest absolute Gasteiger partial charge is 0.320 e. The summed E-state index contributed by atoms with van der Waals surface area (Å²) in [4.78, 5) is 0. The predicted octanol–water partition coefficient (Wildman–Crippen LogP) is 3.45. The predicted molar refractivity (Wildman–Crippen MR) is 56.1 cm³/mol. The topological polar surface area (TPSA) is 12.0 Å². The van der Waals surface area contributed by atoms with Crippen LogP contribution in [0.2, 0.25) is 0 Å². The van der Waals surface area contributed by atoms with Crippen LogP contribution in [0.15, 0.2) is 0 Å². The highest BCUT2D eigenvalue weighted by atomic mass is 14.8. The van der Waals surface area contributed by atoms with Crippen molar-refractivity contribution >= 4 is 0 Å². The quantitative estimate of drug-likeness (QED) is 0.625. The number of unbranched alkanes of at least 4 members (excludes halogenated alkanes) is 1. The number of hydrogen-bond acceptors (Lipinski definition) is 1. The fourth-order valence-corrected chi connectivity index (χ4v) is 0.354. The summed E-state index contributed by atoms with van der Waals surface area (Å²) in [6, 6.07) is 0. The molecule has 0 aromatic rings. The van der Waals surface area contributed by atoms with Crippen molar-refractivity contribution in [2.24, 2.45) is 0 Å². The van der Waals surface area contributed by atoms with Gasteiger partial charge in [-0.15, -0.1) is 0 Å². The second kappa shape index (κ2) is 32.5. The normalized spacial score (nSPS) is 7.09. The van der Waals surface area contributed by atoms with Crippen LogP contribution in [0.4, 0.5) is 0 Å². The average Bonchev–Trinajstić information content (AvgIpc) is 2.06. The molecule has 0 aliphatic carbocycles. The lowest BCUT2D eigenvalue weighted by Gasteiger charge is -1.89. The van der Waals surface area contributed by atoms with Crippen molar-refractivity contribution in [1.29, 1.82) is 0 Å². The first-order valence-corrected chi connectivity index (χ1v) is 4.97. The Labute approximate surface area is 73.6 Å². The smallest absolute Gasteiger partial charge is 0.00520 e. The van der Waals surface area contributed by atoms with E-state index in [-0.39, 0.29) is 0 Å². The van der Waals surface area contributed by atoms with E-state index in [1.54, 1.807) is 0 Å². The molecule has 0 unspecified atom stereocenters. The molecule has 0 rings (SSSR count). The molecule has 0 heterocycles. The molecule has 0 aliphatic heterocycles. The molecule has 0 aromatic carbocycles. The van der Waals surface area contributed by atoms with Crippen LogP contribution in [0.1, 0.15) is 53.9 Å². The van der Waals surface area contributed by atoms with Gasteiger partial charge in [-0.3, -0.25) is 0 Å². The highest BCUT2D eigenvalue weighted by Gasteiger charge is 1.73. The van der Waals surface area contributed by atoms with Gasteiger partial charge in [0.15, 0.2) is 0 Å². The van der Waals surface area contributed by atoms with Gasteiger partial charge in [0.05, 0.1) is 0 Å². The van der Waals surface area contributed by atoms with E-state index in [9.17, 15) is 0 Å². The summed E-state index contributed by atoms with van der Waals surface area (Å²) in [5.74, 6) is 0.